The van der Waals surface area contributed by atoms with Gasteiger partial charge in [0.25, 0.3) is 0 Å². The summed E-state index contributed by atoms with van der Waals surface area (Å²) in [6.45, 7) is 2.12. The molecule has 1 N–H and O–H groups in total. The van der Waals surface area contributed by atoms with Crippen LogP contribution in [0.2, 0.25) is 0 Å². The van der Waals surface area contributed by atoms with Crippen LogP contribution in [-0.2, 0) is 5.60 Å². The average molecular weight is 534 g/mol. The summed E-state index contributed by atoms with van der Waals surface area (Å²) < 4.78 is 33.3. The molecule has 0 aliphatic heterocycles. The summed E-state index contributed by atoms with van der Waals surface area (Å²) in [6.07, 6.45) is 4.36. The van der Waals surface area contributed by atoms with E-state index in [9.17, 15) is 18.7 Å². The highest BCUT2D eigenvalue weighted by molar-refractivity contribution is 5.87. The van der Waals surface area contributed by atoms with Gasteiger partial charge in [-0.3, -0.25) is 14.3 Å². The van der Waals surface area contributed by atoms with Crippen molar-refractivity contribution in [3.8, 4) is 23.3 Å². The van der Waals surface area contributed by atoms with E-state index in [1.807, 2.05) is 25.9 Å². The minimum absolute atomic E-state index is 0.135. The van der Waals surface area contributed by atoms with E-state index >= 15 is 0 Å². The smallest absolute Gasteiger partial charge is 0.387 e. The molecule has 39 heavy (non-hydrogen) atoms. The van der Waals surface area contributed by atoms with Crippen LogP contribution in [0.25, 0.3) is 16.7 Å². The van der Waals surface area contributed by atoms with Crippen LogP contribution in [0.1, 0.15) is 66.4 Å². The summed E-state index contributed by atoms with van der Waals surface area (Å²) >= 11 is 0. The molecule has 0 radical (unpaired) electrons. The molecule has 0 fully saturated rings. The Morgan fingerprint density at radius 2 is 1.82 bits per heavy atom. The van der Waals surface area contributed by atoms with E-state index in [4.69, 9.17) is 9.72 Å². The van der Waals surface area contributed by atoms with Gasteiger partial charge in [0, 0.05) is 23.5 Å². The van der Waals surface area contributed by atoms with Crippen LogP contribution in [0.5, 0.6) is 5.75 Å². The zero-order valence-electron chi connectivity index (χ0n) is 22.3. The summed E-state index contributed by atoms with van der Waals surface area (Å²) in [6, 6.07) is 9.66. The van der Waals surface area contributed by atoms with Crippen molar-refractivity contribution < 1.29 is 23.4 Å². The number of hydrogen-bond donors (Lipinski definition) is 1. The fourth-order valence-corrected chi connectivity index (χ4v) is 4.33. The Hall–Kier alpha value is -4.20. The molecule has 8 nitrogen and oxygen atoms in total. The van der Waals surface area contributed by atoms with E-state index < -0.39 is 12.2 Å². The Labute approximate surface area is 225 Å². The number of para-hydroxylation sites is 1. The molecule has 1 atom stereocenters. The molecular formula is C29H29F2N5O3. The molecule has 2 heterocycles. The number of halogens is 2. The maximum Gasteiger partial charge on any atom is 0.387 e. The number of aromatic nitrogens is 4. The molecule has 4 aromatic rings. The fourth-order valence-electron chi connectivity index (χ4n) is 4.33. The lowest BCUT2D eigenvalue weighted by Gasteiger charge is -2.25. The number of aldehydes is 1. The Morgan fingerprint density at radius 3 is 2.41 bits per heavy atom. The molecule has 0 saturated carbocycles. The second-order valence-corrected chi connectivity index (χ2v) is 9.69. The molecule has 0 spiro atoms. The standard InChI is InChI=1S/C29H29F2N5O3/c1-6-22(35(4)5)26-34-21-13-12-18(10-11-19-15-32-27(33-16-19)29(2,3)38)14-23(21)36(26)25-20(17-37)8-7-9-24(25)39-28(30)31/h7-9,12-17,22,28,38H,6H2,1-5H3/t22-/m1/s1. The first-order chi connectivity index (χ1) is 18.5. The first kappa shape index (κ1) is 27.8. The number of aliphatic hydroxyl groups is 1. The van der Waals surface area contributed by atoms with Crippen molar-refractivity contribution >= 4 is 17.3 Å². The van der Waals surface area contributed by atoms with Crippen molar-refractivity contribution in [1.29, 1.82) is 0 Å². The molecule has 2 aromatic carbocycles. The highest BCUT2D eigenvalue weighted by atomic mass is 19.3. The summed E-state index contributed by atoms with van der Waals surface area (Å²) in [5.41, 5.74) is 1.57. The number of benzene rings is 2. The van der Waals surface area contributed by atoms with E-state index in [2.05, 4.69) is 21.8 Å². The predicted octanol–water partition coefficient (Wildman–Crippen LogP) is 4.87. The van der Waals surface area contributed by atoms with Gasteiger partial charge < -0.3 is 9.84 Å². The van der Waals surface area contributed by atoms with Crippen LogP contribution in [0, 0.1) is 11.8 Å². The Morgan fingerprint density at radius 1 is 1.13 bits per heavy atom. The van der Waals surface area contributed by atoms with Crippen LogP contribution >= 0.6 is 0 Å². The monoisotopic (exact) mass is 533 g/mol. The second-order valence-electron chi connectivity index (χ2n) is 9.69. The van der Waals surface area contributed by atoms with Crippen LogP contribution in [0.4, 0.5) is 8.78 Å². The molecule has 0 amide bonds. The van der Waals surface area contributed by atoms with Crippen LogP contribution in [-0.4, -0.2) is 56.5 Å². The van der Waals surface area contributed by atoms with Crippen molar-refractivity contribution in [2.75, 3.05) is 14.1 Å². The molecule has 0 aliphatic rings. The van der Waals surface area contributed by atoms with Gasteiger partial charge >= 0.3 is 6.61 Å². The van der Waals surface area contributed by atoms with Crippen LogP contribution < -0.4 is 4.74 Å². The molecule has 10 heteroatoms. The topological polar surface area (TPSA) is 93.4 Å². The minimum Gasteiger partial charge on any atom is -0.433 e. The molecule has 0 aliphatic carbocycles. The second kappa shape index (κ2) is 11.3. The van der Waals surface area contributed by atoms with Gasteiger partial charge in [0.05, 0.1) is 22.6 Å². The molecule has 0 saturated heterocycles. The van der Waals surface area contributed by atoms with Gasteiger partial charge in [-0.1, -0.05) is 24.8 Å². The van der Waals surface area contributed by atoms with Gasteiger partial charge in [-0.2, -0.15) is 8.78 Å². The summed E-state index contributed by atoms with van der Waals surface area (Å²) in [4.78, 5) is 27.2. The number of alkyl halides is 2. The van der Waals surface area contributed by atoms with Gasteiger partial charge in [-0.25, -0.2) is 15.0 Å². The molecule has 202 valence electrons. The van der Waals surface area contributed by atoms with E-state index in [-0.39, 0.29) is 28.9 Å². The highest BCUT2D eigenvalue weighted by Crippen LogP contribution is 2.36. The lowest BCUT2D eigenvalue weighted by Crippen LogP contribution is -2.23. The number of rotatable bonds is 8. The van der Waals surface area contributed by atoms with E-state index in [0.717, 1.165) is 0 Å². The third kappa shape index (κ3) is 5.95. The van der Waals surface area contributed by atoms with Gasteiger partial charge in [0.2, 0.25) is 0 Å². The maximum atomic E-state index is 13.4. The first-order valence-corrected chi connectivity index (χ1v) is 12.3. The lowest BCUT2D eigenvalue weighted by molar-refractivity contribution is -0.0498. The number of carbonyl (C=O) groups is 1. The Bertz CT molecular complexity index is 1550. The molecule has 0 bridgehead atoms. The average Bonchev–Trinajstić information content (AvgIpc) is 3.24. The lowest BCUT2D eigenvalue weighted by atomic mass is 10.1. The van der Waals surface area contributed by atoms with Crippen molar-refractivity contribution in [3.63, 3.8) is 0 Å². The first-order valence-electron chi connectivity index (χ1n) is 12.3. The summed E-state index contributed by atoms with van der Waals surface area (Å²) in [5, 5.41) is 10.1. The van der Waals surface area contributed by atoms with E-state index in [0.29, 0.717) is 40.7 Å². The quantitative estimate of drug-likeness (QED) is 0.255. The normalized spacial score (nSPS) is 12.5. The third-order valence-electron chi connectivity index (χ3n) is 6.14. The van der Waals surface area contributed by atoms with Gasteiger partial charge in [0.1, 0.15) is 17.1 Å². The van der Waals surface area contributed by atoms with Crippen LogP contribution in [0.3, 0.4) is 0 Å². The number of carbonyl (C=O) groups excluding carboxylic acids is 1. The zero-order valence-corrected chi connectivity index (χ0v) is 22.3. The number of imidazole rings is 1. The number of fused-ring (bicyclic) bond motifs is 1. The SMILES string of the molecule is CC[C@H](c1nc2ccc(C#Cc3cnc(C(C)(C)O)nc3)cc2n1-c1c(C=O)cccc1OC(F)F)N(C)C. The largest absolute Gasteiger partial charge is 0.433 e. The molecule has 2 aromatic heterocycles. The third-order valence-corrected chi connectivity index (χ3v) is 6.14. The van der Waals surface area contributed by atoms with Gasteiger partial charge in [-0.15, -0.1) is 0 Å². The van der Waals surface area contributed by atoms with Crippen molar-refractivity contribution in [2.24, 2.45) is 0 Å². The van der Waals surface area contributed by atoms with Crippen molar-refractivity contribution in [2.45, 2.75) is 45.4 Å². The number of nitrogens with zero attached hydrogens (tertiary/aromatic N) is 5. The fraction of sp³-hybridized carbons (Fsp3) is 0.310. The Kier molecular flexibility index (Phi) is 8.04. The van der Waals surface area contributed by atoms with Crippen LogP contribution in [0.15, 0.2) is 48.8 Å². The number of ether oxygens (including phenoxy) is 1. The molecular weight excluding hydrogens is 504 g/mol. The molecule has 0 unspecified atom stereocenters. The maximum absolute atomic E-state index is 13.4. The Balaban J connectivity index is 1.92. The van der Waals surface area contributed by atoms with Gasteiger partial charge in [0.15, 0.2) is 17.9 Å². The zero-order chi connectivity index (χ0) is 28.3. The van der Waals surface area contributed by atoms with Gasteiger partial charge in [-0.05, 0) is 64.7 Å². The summed E-state index contributed by atoms with van der Waals surface area (Å²) in [5.74, 6) is 6.81. The minimum atomic E-state index is -3.08. The van der Waals surface area contributed by atoms with E-state index in [1.165, 1.54) is 24.5 Å². The predicted molar refractivity (Wildman–Crippen MR) is 143 cm³/mol. The highest BCUT2D eigenvalue weighted by Gasteiger charge is 2.26. The summed E-state index contributed by atoms with van der Waals surface area (Å²) in [7, 11) is 3.81. The van der Waals surface area contributed by atoms with E-state index in [1.54, 1.807) is 42.7 Å². The van der Waals surface area contributed by atoms with Crippen molar-refractivity contribution in [1.82, 2.24) is 24.4 Å². The van der Waals surface area contributed by atoms with Crippen molar-refractivity contribution in [3.05, 3.63) is 77.1 Å². The molecule has 4 rings (SSSR count). The number of hydrogen-bond acceptors (Lipinski definition) is 7.